The van der Waals surface area contributed by atoms with E-state index in [4.69, 9.17) is 5.11 Å². The fourth-order valence-electron chi connectivity index (χ4n) is 1.19. The van der Waals surface area contributed by atoms with E-state index in [9.17, 15) is 4.57 Å². The number of hydrogen-bond donors (Lipinski definition) is 1. The van der Waals surface area contributed by atoms with E-state index in [1.807, 2.05) is 0 Å². The predicted molar refractivity (Wildman–Crippen MR) is 53.3 cm³/mol. The Bertz CT molecular complexity index is 149. The van der Waals surface area contributed by atoms with E-state index in [1.165, 1.54) is 0 Å². The molecule has 0 amide bonds. The Balaban J connectivity index is 3.86. The van der Waals surface area contributed by atoms with Crippen LogP contribution in [0.1, 0.15) is 13.3 Å². The standard InChI is InChI=1S/C8H20NO2P/c1-4-5-9(6-7-10)8-12(2,3)11/h10H,4-8H2,1-3H3. The second-order valence-corrected chi connectivity index (χ2v) is 6.99. The summed E-state index contributed by atoms with van der Waals surface area (Å²) in [7, 11) is -1.97. The van der Waals surface area contributed by atoms with E-state index in [0.29, 0.717) is 12.8 Å². The highest BCUT2D eigenvalue weighted by Gasteiger charge is 2.12. The van der Waals surface area contributed by atoms with Crippen LogP contribution in [0.5, 0.6) is 0 Å². The molecule has 0 saturated carbocycles. The van der Waals surface area contributed by atoms with Crippen molar-refractivity contribution in [2.24, 2.45) is 0 Å². The summed E-state index contributed by atoms with van der Waals surface area (Å²) >= 11 is 0. The number of rotatable bonds is 6. The highest BCUT2D eigenvalue weighted by Crippen LogP contribution is 2.36. The molecular weight excluding hydrogens is 173 g/mol. The maximum absolute atomic E-state index is 11.5. The van der Waals surface area contributed by atoms with Crippen LogP contribution in [0.4, 0.5) is 0 Å². The van der Waals surface area contributed by atoms with Gasteiger partial charge in [-0.1, -0.05) is 6.92 Å². The number of nitrogens with zero attached hydrogens (tertiary/aromatic N) is 1. The van der Waals surface area contributed by atoms with E-state index >= 15 is 0 Å². The minimum atomic E-state index is -1.97. The van der Waals surface area contributed by atoms with Gasteiger partial charge in [-0.05, 0) is 26.3 Å². The molecule has 0 spiro atoms. The minimum Gasteiger partial charge on any atom is -0.395 e. The maximum atomic E-state index is 11.5. The summed E-state index contributed by atoms with van der Waals surface area (Å²) in [5, 5.41) is 8.73. The van der Waals surface area contributed by atoms with Gasteiger partial charge >= 0.3 is 0 Å². The molecule has 0 unspecified atom stereocenters. The van der Waals surface area contributed by atoms with Crippen LogP contribution in [0.2, 0.25) is 0 Å². The van der Waals surface area contributed by atoms with Gasteiger partial charge in [-0.25, -0.2) is 0 Å². The SMILES string of the molecule is CCCN(CCO)CP(C)(C)=O. The molecule has 0 aliphatic heterocycles. The summed E-state index contributed by atoms with van der Waals surface area (Å²) < 4.78 is 11.5. The highest BCUT2D eigenvalue weighted by atomic mass is 31.2. The Labute approximate surface area is 75.1 Å². The summed E-state index contributed by atoms with van der Waals surface area (Å²) in [6.07, 6.45) is 1.67. The molecule has 0 saturated heterocycles. The van der Waals surface area contributed by atoms with Crippen LogP contribution in [-0.4, -0.2) is 49.3 Å². The summed E-state index contributed by atoms with van der Waals surface area (Å²) in [6.45, 7) is 7.37. The van der Waals surface area contributed by atoms with Crippen molar-refractivity contribution in [3.63, 3.8) is 0 Å². The van der Waals surface area contributed by atoms with Crippen molar-refractivity contribution in [1.82, 2.24) is 4.90 Å². The monoisotopic (exact) mass is 193 g/mol. The largest absolute Gasteiger partial charge is 0.395 e. The Morgan fingerprint density at radius 2 is 1.92 bits per heavy atom. The Morgan fingerprint density at radius 1 is 1.33 bits per heavy atom. The summed E-state index contributed by atoms with van der Waals surface area (Å²) in [5.74, 6) is 0. The van der Waals surface area contributed by atoms with Crippen LogP contribution in [0.3, 0.4) is 0 Å². The van der Waals surface area contributed by atoms with Crippen LogP contribution in [0.25, 0.3) is 0 Å². The average molecular weight is 193 g/mol. The van der Waals surface area contributed by atoms with Crippen molar-refractivity contribution in [1.29, 1.82) is 0 Å². The molecule has 0 radical (unpaired) electrons. The van der Waals surface area contributed by atoms with Gasteiger partial charge in [-0.2, -0.15) is 0 Å². The molecule has 12 heavy (non-hydrogen) atoms. The van der Waals surface area contributed by atoms with Crippen LogP contribution in [0, 0.1) is 0 Å². The summed E-state index contributed by atoms with van der Waals surface area (Å²) in [5.41, 5.74) is 0. The Morgan fingerprint density at radius 3 is 2.25 bits per heavy atom. The van der Waals surface area contributed by atoms with Gasteiger partial charge in [0.2, 0.25) is 0 Å². The van der Waals surface area contributed by atoms with Crippen molar-refractivity contribution >= 4 is 7.14 Å². The first-order chi connectivity index (χ1) is 5.49. The van der Waals surface area contributed by atoms with E-state index < -0.39 is 7.14 Å². The predicted octanol–water partition coefficient (Wildman–Crippen LogP) is 1.27. The van der Waals surface area contributed by atoms with Crippen LogP contribution >= 0.6 is 7.14 Å². The van der Waals surface area contributed by atoms with Crippen molar-refractivity contribution < 1.29 is 9.67 Å². The van der Waals surface area contributed by atoms with Gasteiger partial charge in [-0.15, -0.1) is 0 Å². The normalized spacial score (nSPS) is 12.4. The minimum absolute atomic E-state index is 0.153. The van der Waals surface area contributed by atoms with Crippen molar-refractivity contribution in [2.75, 3.05) is 39.3 Å². The maximum Gasteiger partial charge on any atom is 0.0951 e. The molecule has 0 heterocycles. The van der Waals surface area contributed by atoms with Crippen molar-refractivity contribution in [2.45, 2.75) is 13.3 Å². The number of hydrogen-bond acceptors (Lipinski definition) is 3. The average Bonchev–Trinajstić information content (AvgIpc) is 1.84. The quantitative estimate of drug-likeness (QED) is 0.646. The molecule has 74 valence electrons. The molecule has 1 N–H and O–H groups in total. The molecule has 0 aromatic rings. The van der Waals surface area contributed by atoms with Gasteiger partial charge in [0.15, 0.2) is 0 Å². The third kappa shape index (κ3) is 6.84. The molecule has 0 rings (SSSR count). The van der Waals surface area contributed by atoms with Gasteiger partial charge in [-0.3, -0.25) is 4.90 Å². The molecule has 0 aliphatic rings. The van der Waals surface area contributed by atoms with Crippen LogP contribution in [-0.2, 0) is 4.57 Å². The van der Waals surface area contributed by atoms with Crippen LogP contribution in [0.15, 0.2) is 0 Å². The molecule has 0 aromatic heterocycles. The van der Waals surface area contributed by atoms with E-state index in [1.54, 1.807) is 13.3 Å². The molecule has 0 aromatic carbocycles. The van der Waals surface area contributed by atoms with Gasteiger partial charge in [0.1, 0.15) is 0 Å². The van der Waals surface area contributed by atoms with Crippen LogP contribution < -0.4 is 0 Å². The fourth-order valence-corrected chi connectivity index (χ4v) is 2.44. The number of aliphatic hydroxyl groups is 1. The first-order valence-corrected chi connectivity index (χ1v) is 7.15. The molecule has 0 aliphatic carbocycles. The second-order valence-electron chi connectivity index (χ2n) is 3.56. The fraction of sp³-hybridized carbons (Fsp3) is 1.00. The zero-order chi connectivity index (χ0) is 9.61. The molecule has 0 atom stereocenters. The smallest absolute Gasteiger partial charge is 0.0951 e. The molecular formula is C8H20NO2P. The lowest BCUT2D eigenvalue weighted by Crippen LogP contribution is -2.28. The zero-order valence-corrected chi connectivity index (χ0v) is 9.18. The van der Waals surface area contributed by atoms with E-state index in [2.05, 4.69) is 11.8 Å². The first kappa shape index (κ1) is 12.2. The van der Waals surface area contributed by atoms with Crippen molar-refractivity contribution in [3.05, 3.63) is 0 Å². The lowest BCUT2D eigenvalue weighted by Gasteiger charge is -2.22. The third-order valence-electron chi connectivity index (χ3n) is 1.50. The second kappa shape index (κ2) is 5.74. The van der Waals surface area contributed by atoms with Gasteiger partial charge in [0.05, 0.1) is 20.0 Å². The third-order valence-corrected chi connectivity index (χ3v) is 2.58. The van der Waals surface area contributed by atoms with E-state index in [-0.39, 0.29) is 6.61 Å². The molecule has 0 bridgehead atoms. The zero-order valence-electron chi connectivity index (χ0n) is 8.29. The lowest BCUT2D eigenvalue weighted by molar-refractivity contribution is 0.214. The summed E-state index contributed by atoms with van der Waals surface area (Å²) in [6, 6.07) is 0. The van der Waals surface area contributed by atoms with Gasteiger partial charge < -0.3 is 9.67 Å². The molecule has 3 nitrogen and oxygen atoms in total. The Hall–Kier alpha value is 0.150. The highest BCUT2D eigenvalue weighted by molar-refractivity contribution is 7.62. The first-order valence-electron chi connectivity index (χ1n) is 4.37. The Kier molecular flexibility index (Phi) is 5.81. The molecule has 0 fully saturated rings. The topological polar surface area (TPSA) is 40.5 Å². The van der Waals surface area contributed by atoms with Crippen molar-refractivity contribution in [3.8, 4) is 0 Å². The van der Waals surface area contributed by atoms with E-state index in [0.717, 1.165) is 13.0 Å². The molecule has 4 heteroatoms. The lowest BCUT2D eigenvalue weighted by atomic mass is 10.4. The number of aliphatic hydroxyl groups excluding tert-OH is 1. The van der Waals surface area contributed by atoms with Gasteiger partial charge in [0.25, 0.3) is 0 Å². The van der Waals surface area contributed by atoms with Gasteiger partial charge in [0, 0.05) is 6.54 Å². The summed E-state index contributed by atoms with van der Waals surface area (Å²) in [4.78, 5) is 2.06.